The number of aryl methyl sites for hydroxylation is 1. The fraction of sp³-hybridized carbons (Fsp3) is 0.476. The highest BCUT2D eigenvalue weighted by Gasteiger charge is 2.23. The second-order valence-corrected chi connectivity index (χ2v) is 8.64. The lowest BCUT2D eigenvalue weighted by atomic mass is 10.1. The van der Waals surface area contributed by atoms with E-state index in [0.29, 0.717) is 12.5 Å². The number of hydrogen-bond donors (Lipinski definition) is 2. The molecule has 3 aromatic heterocycles. The van der Waals surface area contributed by atoms with E-state index >= 15 is 0 Å². The summed E-state index contributed by atoms with van der Waals surface area (Å²) in [6, 6.07) is 8.37. The minimum Gasteiger partial charge on any atom is -0.469 e. The van der Waals surface area contributed by atoms with Gasteiger partial charge in [-0.2, -0.15) is 5.10 Å². The summed E-state index contributed by atoms with van der Waals surface area (Å²) in [6.45, 7) is 6.52. The van der Waals surface area contributed by atoms with Crippen molar-refractivity contribution in [3.05, 3.63) is 58.2 Å². The van der Waals surface area contributed by atoms with Crippen molar-refractivity contribution in [1.29, 1.82) is 0 Å². The standard InChI is InChI=1S/C21H28N6OS/c1-15(2)20-25-19-8-7-16(14-27(19)26-20)24-21(23-13-18-6-4-12-29-18)22-10-9-17-5-3-11-28-17/h3-6,11-12,15-16H,7-10,13-14H2,1-2H3,(H2,22,23,24). The Morgan fingerprint density at radius 3 is 3.07 bits per heavy atom. The zero-order chi connectivity index (χ0) is 20.1. The van der Waals surface area contributed by atoms with Crippen molar-refractivity contribution in [2.24, 2.45) is 4.99 Å². The third-order valence-corrected chi connectivity index (χ3v) is 5.81. The van der Waals surface area contributed by atoms with Crippen LogP contribution in [0.15, 0.2) is 45.3 Å². The lowest BCUT2D eigenvalue weighted by molar-refractivity contribution is 0.391. The molecule has 1 aliphatic heterocycles. The summed E-state index contributed by atoms with van der Waals surface area (Å²) in [6.07, 6.45) is 4.49. The minimum atomic E-state index is 0.280. The van der Waals surface area contributed by atoms with Gasteiger partial charge in [0.15, 0.2) is 11.8 Å². The maximum Gasteiger partial charge on any atom is 0.191 e. The van der Waals surface area contributed by atoms with E-state index in [1.54, 1.807) is 17.6 Å². The van der Waals surface area contributed by atoms with E-state index in [4.69, 9.17) is 9.41 Å². The molecule has 29 heavy (non-hydrogen) atoms. The first-order valence-corrected chi connectivity index (χ1v) is 11.1. The molecule has 7 nitrogen and oxygen atoms in total. The van der Waals surface area contributed by atoms with Gasteiger partial charge < -0.3 is 15.1 Å². The summed E-state index contributed by atoms with van der Waals surface area (Å²) in [5, 5.41) is 13.8. The SMILES string of the molecule is CC(C)c1nc2n(n1)CC(NC(=NCc1cccs1)NCCc1ccco1)CC2. The van der Waals surface area contributed by atoms with Crippen molar-refractivity contribution < 1.29 is 4.42 Å². The predicted molar refractivity (Wildman–Crippen MR) is 115 cm³/mol. The van der Waals surface area contributed by atoms with Crippen LogP contribution in [0, 0.1) is 0 Å². The highest BCUT2D eigenvalue weighted by Crippen LogP contribution is 2.17. The monoisotopic (exact) mass is 412 g/mol. The van der Waals surface area contributed by atoms with E-state index in [1.807, 2.05) is 12.1 Å². The predicted octanol–water partition coefficient (Wildman–Crippen LogP) is 3.35. The average molecular weight is 413 g/mol. The molecular formula is C21H28N6OS. The van der Waals surface area contributed by atoms with Gasteiger partial charge in [0.1, 0.15) is 11.6 Å². The van der Waals surface area contributed by atoms with Gasteiger partial charge in [-0.25, -0.2) is 14.7 Å². The molecule has 0 amide bonds. The number of hydrogen-bond acceptors (Lipinski definition) is 5. The first-order chi connectivity index (χ1) is 14.2. The van der Waals surface area contributed by atoms with E-state index in [9.17, 15) is 0 Å². The summed E-state index contributed by atoms with van der Waals surface area (Å²) >= 11 is 1.73. The van der Waals surface area contributed by atoms with Gasteiger partial charge in [0, 0.05) is 36.2 Å². The Kier molecular flexibility index (Phi) is 6.29. The van der Waals surface area contributed by atoms with E-state index < -0.39 is 0 Å². The molecule has 0 saturated heterocycles. The van der Waals surface area contributed by atoms with Crippen molar-refractivity contribution in [1.82, 2.24) is 25.4 Å². The van der Waals surface area contributed by atoms with Crippen LogP contribution in [-0.4, -0.2) is 33.3 Å². The van der Waals surface area contributed by atoms with Gasteiger partial charge in [0.25, 0.3) is 0 Å². The fourth-order valence-electron chi connectivity index (χ4n) is 3.35. The third kappa shape index (κ3) is 5.26. The van der Waals surface area contributed by atoms with Crippen LogP contribution >= 0.6 is 11.3 Å². The summed E-state index contributed by atoms with van der Waals surface area (Å²) in [5.41, 5.74) is 0. The molecule has 154 valence electrons. The van der Waals surface area contributed by atoms with Gasteiger partial charge in [0.05, 0.1) is 19.4 Å². The number of nitrogens with one attached hydrogen (secondary N) is 2. The highest BCUT2D eigenvalue weighted by molar-refractivity contribution is 7.09. The Hall–Kier alpha value is -2.61. The smallest absolute Gasteiger partial charge is 0.191 e. The molecule has 1 atom stereocenters. The molecule has 0 radical (unpaired) electrons. The number of guanidine groups is 1. The quantitative estimate of drug-likeness (QED) is 0.459. The Morgan fingerprint density at radius 1 is 1.38 bits per heavy atom. The number of fused-ring (bicyclic) bond motifs is 1. The lowest BCUT2D eigenvalue weighted by Gasteiger charge is -2.25. The first kappa shape index (κ1) is 19.7. The van der Waals surface area contributed by atoms with Crippen molar-refractivity contribution >= 4 is 17.3 Å². The summed E-state index contributed by atoms with van der Waals surface area (Å²) < 4.78 is 7.48. The Morgan fingerprint density at radius 2 is 2.31 bits per heavy atom. The number of aromatic nitrogens is 3. The van der Waals surface area contributed by atoms with Crippen molar-refractivity contribution in [3.8, 4) is 0 Å². The maximum atomic E-state index is 5.43. The number of rotatable bonds is 7. The largest absolute Gasteiger partial charge is 0.469 e. The van der Waals surface area contributed by atoms with Crippen LogP contribution in [0.1, 0.15) is 48.5 Å². The molecule has 1 aliphatic rings. The van der Waals surface area contributed by atoms with E-state index in [1.165, 1.54) is 4.88 Å². The van der Waals surface area contributed by atoms with Gasteiger partial charge in [-0.15, -0.1) is 11.3 Å². The molecule has 0 saturated carbocycles. The average Bonchev–Trinajstić information content (AvgIpc) is 3.46. The van der Waals surface area contributed by atoms with Crippen LogP contribution < -0.4 is 10.6 Å². The molecular weight excluding hydrogens is 384 g/mol. The minimum absolute atomic E-state index is 0.280. The first-order valence-electron chi connectivity index (χ1n) is 10.2. The summed E-state index contributed by atoms with van der Waals surface area (Å²) in [4.78, 5) is 10.7. The Bertz CT molecular complexity index is 913. The second-order valence-electron chi connectivity index (χ2n) is 7.60. The van der Waals surface area contributed by atoms with Gasteiger partial charge in [-0.1, -0.05) is 19.9 Å². The van der Waals surface area contributed by atoms with Gasteiger partial charge in [-0.3, -0.25) is 0 Å². The molecule has 8 heteroatoms. The molecule has 4 heterocycles. The van der Waals surface area contributed by atoms with Gasteiger partial charge in [0.2, 0.25) is 0 Å². The second kappa shape index (κ2) is 9.26. The normalized spacial score (nSPS) is 16.8. The van der Waals surface area contributed by atoms with E-state index in [2.05, 4.69) is 56.8 Å². The molecule has 0 fully saturated rings. The molecule has 0 bridgehead atoms. The van der Waals surface area contributed by atoms with E-state index in [0.717, 1.165) is 55.7 Å². The number of nitrogens with zero attached hydrogens (tertiary/aromatic N) is 4. The number of thiophene rings is 1. The van der Waals surface area contributed by atoms with Crippen LogP contribution in [0.25, 0.3) is 0 Å². The number of aliphatic imine (C=N–C) groups is 1. The van der Waals surface area contributed by atoms with E-state index in [-0.39, 0.29) is 6.04 Å². The molecule has 4 rings (SSSR count). The Balaban J connectivity index is 1.39. The fourth-order valence-corrected chi connectivity index (χ4v) is 3.98. The summed E-state index contributed by atoms with van der Waals surface area (Å²) in [5.74, 6) is 4.19. The topological polar surface area (TPSA) is 80.3 Å². The van der Waals surface area contributed by atoms with Crippen molar-refractivity contribution in [2.45, 2.75) is 58.2 Å². The zero-order valence-electron chi connectivity index (χ0n) is 17.0. The van der Waals surface area contributed by atoms with Crippen LogP contribution in [0.5, 0.6) is 0 Å². The van der Waals surface area contributed by atoms with Crippen molar-refractivity contribution in [3.63, 3.8) is 0 Å². The van der Waals surface area contributed by atoms with Gasteiger partial charge >= 0.3 is 0 Å². The number of furan rings is 1. The third-order valence-electron chi connectivity index (χ3n) is 4.95. The van der Waals surface area contributed by atoms with Crippen molar-refractivity contribution in [2.75, 3.05) is 6.54 Å². The van der Waals surface area contributed by atoms with Crippen LogP contribution in [0.4, 0.5) is 0 Å². The lowest BCUT2D eigenvalue weighted by Crippen LogP contribution is -2.47. The highest BCUT2D eigenvalue weighted by atomic mass is 32.1. The molecule has 2 N–H and O–H groups in total. The van der Waals surface area contributed by atoms with Crippen LogP contribution in [0.3, 0.4) is 0 Å². The molecule has 3 aromatic rings. The van der Waals surface area contributed by atoms with Gasteiger partial charge in [-0.05, 0) is 30.0 Å². The molecule has 0 aromatic carbocycles. The summed E-state index contributed by atoms with van der Waals surface area (Å²) in [7, 11) is 0. The Labute approximate surface area is 175 Å². The zero-order valence-corrected chi connectivity index (χ0v) is 17.8. The van der Waals surface area contributed by atoms with Crippen LogP contribution in [0.2, 0.25) is 0 Å². The molecule has 0 spiro atoms. The van der Waals surface area contributed by atoms with Crippen LogP contribution in [-0.2, 0) is 25.9 Å². The molecule has 0 aliphatic carbocycles. The maximum absolute atomic E-state index is 5.43. The molecule has 1 unspecified atom stereocenters.